The molecule has 0 saturated carbocycles. The topological polar surface area (TPSA) is 12.0 Å². The number of likely N-dealkylation sites (N-methyl/N-ethyl adjacent to an activating group) is 1. The van der Waals surface area contributed by atoms with Crippen LogP contribution < -0.4 is 5.32 Å². The van der Waals surface area contributed by atoms with Crippen molar-refractivity contribution in [3.05, 3.63) is 35.4 Å². The molecule has 1 aliphatic heterocycles. The lowest BCUT2D eigenvalue weighted by molar-refractivity contribution is 0.404. The Kier molecular flexibility index (Phi) is 5.13. The molecule has 1 N–H and O–H groups in total. The minimum Gasteiger partial charge on any atom is -0.316 e. The maximum Gasteiger partial charge on any atom is 0.0141 e. The smallest absolute Gasteiger partial charge is 0.0141 e. The molecule has 0 aliphatic carbocycles. The molecule has 0 bridgehead atoms. The molecule has 1 aromatic carbocycles. The highest BCUT2D eigenvalue weighted by Gasteiger charge is 2.24. The molecule has 2 unspecified atom stereocenters. The van der Waals surface area contributed by atoms with Gasteiger partial charge in [-0.25, -0.2) is 0 Å². The Morgan fingerprint density at radius 2 is 2.00 bits per heavy atom. The number of nitrogens with one attached hydrogen (secondary N) is 1. The number of benzene rings is 1. The molecule has 2 atom stereocenters. The van der Waals surface area contributed by atoms with Gasteiger partial charge in [0, 0.05) is 6.04 Å². The maximum absolute atomic E-state index is 3.52. The average molecular weight is 263 g/mol. The quantitative estimate of drug-likeness (QED) is 0.869. The summed E-state index contributed by atoms with van der Waals surface area (Å²) in [5, 5.41) is 3.52. The summed E-state index contributed by atoms with van der Waals surface area (Å²) in [4.78, 5) is 0. The van der Waals surface area contributed by atoms with Gasteiger partial charge in [-0.15, -0.1) is 0 Å². The van der Waals surface area contributed by atoms with Gasteiger partial charge in [0.15, 0.2) is 0 Å². The van der Waals surface area contributed by atoms with Crippen LogP contribution in [0.4, 0.5) is 0 Å². The van der Waals surface area contributed by atoms with Crippen molar-refractivity contribution < 1.29 is 0 Å². The number of rotatable bonds is 5. The highest BCUT2D eigenvalue weighted by molar-refractivity contribution is 7.99. The van der Waals surface area contributed by atoms with E-state index in [1.54, 1.807) is 0 Å². The first-order chi connectivity index (χ1) is 8.70. The molecule has 0 amide bonds. The molecule has 0 aromatic heterocycles. The van der Waals surface area contributed by atoms with Gasteiger partial charge in [-0.05, 0) is 54.4 Å². The Hall–Kier alpha value is -0.470. The van der Waals surface area contributed by atoms with Gasteiger partial charge in [-0.1, -0.05) is 38.1 Å². The Labute approximate surface area is 116 Å². The monoisotopic (exact) mass is 263 g/mol. The van der Waals surface area contributed by atoms with Crippen LogP contribution in [0, 0.1) is 5.92 Å². The molecule has 1 aromatic rings. The lowest BCUT2D eigenvalue weighted by Gasteiger charge is -2.22. The highest BCUT2D eigenvalue weighted by atomic mass is 32.2. The summed E-state index contributed by atoms with van der Waals surface area (Å²) in [6.45, 7) is 4.50. The fourth-order valence-electron chi connectivity index (χ4n) is 2.67. The van der Waals surface area contributed by atoms with Gasteiger partial charge in [-0.3, -0.25) is 0 Å². The summed E-state index contributed by atoms with van der Waals surface area (Å²) in [7, 11) is 2.11. The van der Waals surface area contributed by atoms with Crippen molar-refractivity contribution in [3.63, 3.8) is 0 Å². The third kappa shape index (κ3) is 3.52. The molecule has 0 spiro atoms. The van der Waals surface area contributed by atoms with E-state index in [0.717, 1.165) is 5.92 Å². The van der Waals surface area contributed by atoms with Crippen LogP contribution in [0.2, 0.25) is 0 Å². The Bertz CT molecular complexity index is 352. The van der Waals surface area contributed by atoms with Crippen LogP contribution in [0.5, 0.6) is 0 Å². The minimum atomic E-state index is 0.630. The van der Waals surface area contributed by atoms with Gasteiger partial charge in [0.2, 0.25) is 0 Å². The molecule has 1 aliphatic rings. The zero-order valence-electron chi connectivity index (χ0n) is 11.8. The van der Waals surface area contributed by atoms with E-state index in [0.29, 0.717) is 12.0 Å². The zero-order valence-corrected chi connectivity index (χ0v) is 12.6. The first-order valence-corrected chi connectivity index (χ1v) is 8.20. The third-order valence-corrected chi connectivity index (χ3v) is 5.19. The van der Waals surface area contributed by atoms with E-state index in [1.165, 1.54) is 35.5 Å². The summed E-state index contributed by atoms with van der Waals surface area (Å²) < 4.78 is 0. The van der Waals surface area contributed by atoms with E-state index >= 15 is 0 Å². The minimum absolute atomic E-state index is 0.630. The summed E-state index contributed by atoms with van der Waals surface area (Å²) in [6.07, 6.45) is 2.54. The molecule has 2 heteroatoms. The largest absolute Gasteiger partial charge is 0.316 e. The van der Waals surface area contributed by atoms with Crippen molar-refractivity contribution in [1.82, 2.24) is 5.32 Å². The third-order valence-electron chi connectivity index (χ3n) is 4.01. The van der Waals surface area contributed by atoms with Crippen LogP contribution in [-0.2, 0) is 6.42 Å². The van der Waals surface area contributed by atoms with Crippen LogP contribution >= 0.6 is 11.8 Å². The average Bonchev–Trinajstić information content (AvgIpc) is 2.90. The van der Waals surface area contributed by atoms with E-state index in [2.05, 4.69) is 62.2 Å². The predicted octanol–water partition coefficient (Wildman–Crippen LogP) is 3.69. The Morgan fingerprint density at radius 3 is 2.50 bits per heavy atom. The van der Waals surface area contributed by atoms with Crippen molar-refractivity contribution in [2.45, 2.75) is 38.6 Å². The molecule has 2 rings (SSSR count). The van der Waals surface area contributed by atoms with E-state index in [-0.39, 0.29) is 0 Å². The molecule has 1 fully saturated rings. The predicted molar refractivity (Wildman–Crippen MR) is 82.5 cm³/mol. The van der Waals surface area contributed by atoms with Crippen LogP contribution in [0.15, 0.2) is 24.3 Å². The zero-order chi connectivity index (χ0) is 13.0. The van der Waals surface area contributed by atoms with Gasteiger partial charge in [0.05, 0.1) is 0 Å². The van der Waals surface area contributed by atoms with E-state index < -0.39 is 0 Å². The van der Waals surface area contributed by atoms with Gasteiger partial charge in [0.25, 0.3) is 0 Å². The van der Waals surface area contributed by atoms with E-state index in [4.69, 9.17) is 0 Å². The van der Waals surface area contributed by atoms with E-state index in [1.807, 2.05) is 0 Å². The van der Waals surface area contributed by atoms with Crippen molar-refractivity contribution in [3.8, 4) is 0 Å². The van der Waals surface area contributed by atoms with Crippen LogP contribution in [0.25, 0.3) is 0 Å². The summed E-state index contributed by atoms with van der Waals surface area (Å²) in [6, 6.07) is 9.83. The highest BCUT2D eigenvalue weighted by Crippen LogP contribution is 2.28. The molecular formula is C16H25NS. The van der Waals surface area contributed by atoms with Crippen molar-refractivity contribution in [1.29, 1.82) is 0 Å². The van der Waals surface area contributed by atoms with E-state index in [9.17, 15) is 0 Å². The first kappa shape index (κ1) is 14.0. The Balaban J connectivity index is 1.98. The van der Waals surface area contributed by atoms with Crippen molar-refractivity contribution in [2.24, 2.45) is 5.92 Å². The number of hydrogen-bond acceptors (Lipinski definition) is 2. The maximum atomic E-state index is 3.52. The van der Waals surface area contributed by atoms with Crippen LogP contribution in [-0.4, -0.2) is 24.6 Å². The summed E-state index contributed by atoms with van der Waals surface area (Å²) in [5.74, 6) is 4.15. The van der Waals surface area contributed by atoms with Gasteiger partial charge in [0.1, 0.15) is 0 Å². The fraction of sp³-hybridized carbons (Fsp3) is 0.625. The van der Waals surface area contributed by atoms with Crippen molar-refractivity contribution >= 4 is 11.8 Å². The lowest BCUT2D eigenvalue weighted by Crippen LogP contribution is -2.35. The summed E-state index contributed by atoms with van der Waals surface area (Å²) >= 11 is 2.10. The molecule has 1 nitrogen and oxygen atoms in total. The van der Waals surface area contributed by atoms with Crippen LogP contribution in [0.1, 0.15) is 37.3 Å². The second-order valence-corrected chi connectivity index (χ2v) is 6.77. The van der Waals surface area contributed by atoms with Crippen molar-refractivity contribution in [2.75, 3.05) is 18.6 Å². The van der Waals surface area contributed by atoms with Gasteiger partial charge >= 0.3 is 0 Å². The number of thioether (sulfide) groups is 1. The molecule has 18 heavy (non-hydrogen) atoms. The number of hydrogen-bond donors (Lipinski definition) is 1. The standard InChI is InChI=1S/C16H25NS/c1-12(2)14-6-4-13(5-7-14)10-16(17-3)15-8-9-18-11-15/h4-7,12,15-17H,8-11H2,1-3H3. The molecule has 1 heterocycles. The summed E-state index contributed by atoms with van der Waals surface area (Å²) in [5.41, 5.74) is 2.91. The molecular weight excluding hydrogens is 238 g/mol. The second kappa shape index (κ2) is 6.63. The molecule has 100 valence electrons. The second-order valence-electron chi connectivity index (χ2n) is 5.62. The Morgan fingerprint density at radius 1 is 1.28 bits per heavy atom. The molecule has 1 saturated heterocycles. The van der Waals surface area contributed by atoms with Gasteiger partial charge in [-0.2, -0.15) is 11.8 Å². The lowest BCUT2D eigenvalue weighted by atomic mass is 9.92. The van der Waals surface area contributed by atoms with Crippen LogP contribution in [0.3, 0.4) is 0 Å². The fourth-order valence-corrected chi connectivity index (χ4v) is 4.00. The first-order valence-electron chi connectivity index (χ1n) is 7.04. The molecule has 0 radical (unpaired) electrons. The normalized spacial score (nSPS) is 21.4. The SMILES string of the molecule is CNC(Cc1ccc(C(C)C)cc1)C1CCSC1. The van der Waals surface area contributed by atoms with Gasteiger partial charge < -0.3 is 5.32 Å².